The maximum Gasteiger partial charge on any atom is 0.150 e. The van der Waals surface area contributed by atoms with Gasteiger partial charge in [0.15, 0.2) is 6.23 Å². The Morgan fingerprint density at radius 2 is 2.23 bits per heavy atom. The number of halogens is 3. The Kier molecular flexibility index (Phi) is 4.86. The number of hydrogen-bond acceptors (Lipinski definition) is 4. The van der Waals surface area contributed by atoms with Crippen LogP contribution in [0.25, 0.3) is 10.9 Å². The van der Waals surface area contributed by atoms with Crippen molar-refractivity contribution in [1.29, 1.82) is 0 Å². The Bertz CT molecular complexity index is 971. The summed E-state index contributed by atoms with van der Waals surface area (Å²) < 4.78 is 23.0. The van der Waals surface area contributed by atoms with Crippen LogP contribution < -0.4 is 5.32 Å². The maximum absolute atomic E-state index is 14.6. The lowest BCUT2D eigenvalue weighted by Gasteiger charge is -2.23. The highest BCUT2D eigenvalue weighted by molar-refractivity contribution is 9.10. The Morgan fingerprint density at radius 3 is 3.00 bits per heavy atom. The number of anilines is 2. The van der Waals surface area contributed by atoms with Gasteiger partial charge in [0, 0.05) is 23.6 Å². The fourth-order valence-corrected chi connectivity index (χ4v) is 3.66. The summed E-state index contributed by atoms with van der Waals surface area (Å²) in [6.45, 7) is 2.43. The summed E-state index contributed by atoms with van der Waals surface area (Å²) in [6.07, 6.45) is 4.57. The lowest BCUT2D eigenvalue weighted by molar-refractivity contribution is -0.0366. The van der Waals surface area contributed by atoms with Crippen LogP contribution in [0.5, 0.6) is 0 Å². The third kappa shape index (κ3) is 3.19. The van der Waals surface area contributed by atoms with Gasteiger partial charge in [-0.15, -0.1) is 0 Å². The molecule has 1 unspecified atom stereocenters. The molecule has 8 heteroatoms. The molecule has 5 nitrogen and oxygen atoms in total. The number of nitrogens with one attached hydrogen (secondary N) is 1. The van der Waals surface area contributed by atoms with Gasteiger partial charge >= 0.3 is 0 Å². The van der Waals surface area contributed by atoms with Crippen LogP contribution >= 0.6 is 27.5 Å². The summed E-state index contributed by atoms with van der Waals surface area (Å²) in [7, 11) is 0. The first-order valence-corrected chi connectivity index (χ1v) is 9.58. The van der Waals surface area contributed by atoms with Crippen molar-refractivity contribution in [3.05, 3.63) is 45.4 Å². The molecule has 1 atom stereocenters. The molecule has 4 rings (SSSR count). The maximum atomic E-state index is 14.6. The van der Waals surface area contributed by atoms with Crippen LogP contribution in [0.15, 0.2) is 28.9 Å². The van der Waals surface area contributed by atoms with Gasteiger partial charge in [-0.05, 0) is 54.2 Å². The number of nitrogens with zero attached hydrogens (tertiary/aromatic N) is 3. The molecular formula is C18H17BrClFN4O. The second-order valence-electron chi connectivity index (χ2n) is 6.29. The van der Waals surface area contributed by atoms with E-state index in [-0.39, 0.29) is 12.0 Å². The van der Waals surface area contributed by atoms with Crippen molar-refractivity contribution >= 4 is 49.9 Å². The molecule has 1 aliphatic heterocycles. The Labute approximate surface area is 163 Å². The molecule has 1 saturated heterocycles. The molecule has 0 aliphatic carbocycles. The summed E-state index contributed by atoms with van der Waals surface area (Å²) in [5.74, 6) is 0.213. The largest absolute Gasteiger partial charge is 0.356 e. The summed E-state index contributed by atoms with van der Waals surface area (Å²) in [6, 6.07) is 4.99. The highest BCUT2D eigenvalue weighted by Gasteiger charge is 2.22. The van der Waals surface area contributed by atoms with Crippen molar-refractivity contribution in [2.24, 2.45) is 0 Å². The van der Waals surface area contributed by atoms with Crippen LogP contribution in [0, 0.1) is 12.7 Å². The van der Waals surface area contributed by atoms with Crippen molar-refractivity contribution in [1.82, 2.24) is 14.8 Å². The van der Waals surface area contributed by atoms with Gasteiger partial charge in [-0.25, -0.2) is 14.1 Å². The summed E-state index contributed by atoms with van der Waals surface area (Å²) >= 11 is 9.44. The van der Waals surface area contributed by atoms with Crippen LogP contribution in [-0.2, 0) is 4.74 Å². The van der Waals surface area contributed by atoms with E-state index in [4.69, 9.17) is 16.3 Å². The molecule has 0 radical (unpaired) electrons. The van der Waals surface area contributed by atoms with E-state index in [1.54, 1.807) is 29.9 Å². The van der Waals surface area contributed by atoms with E-state index in [1.807, 2.05) is 0 Å². The quantitative estimate of drug-likeness (QED) is 0.529. The van der Waals surface area contributed by atoms with Crippen molar-refractivity contribution in [2.45, 2.75) is 32.4 Å². The molecule has 0 spiro atoms. The highest BCUT2D eigenvalue weighted by atomic mass is 79.9. The number of rotatable bonds is 3. The second-order valence-corrected chi connectivity index (χ2v) is 7.53. The highest BCUT2D eigenvalue weighted by Crippen LogP contribution is 2.36. The van der Waals surface area contributed by atoms with Gasteiger partial charge in [-0.2, -0.15) is 5.10 Å². The molecule has 136 valence electrons. The molecule has 26 heavy (non-hydrogen) atoms. The fraction of sp³-hybridized carbons (Fsp3) is 0.333. The first kappa shape index (κ1) is 17.7. The summed E-state index contributed by atoms with van der Waals surface area (Å²) in [5.41, 5.74) is 1.81. The predicted molar refractivity (Wildman–Crippen MR) is 103 cm³/mol. The van der Waals surface area contributed by atoms with Crippen molar-refractivity contribution in [3.63, 3.8) is 0 Å². The molecule has 3 heterocycles. The Morgan fingerprint density at radius 1 is 1.38 bits per heavy atom. The average molecular weight is 440 g/mol. The van der Waals surface area contributed by atoms with E-state index < -0.39 is 0 Å². The van der Waals surface area contributed by atoms with Gasteiger partial charge in [0.1, 0.15) is 16.8 Å². The minimum atomic E-state index is -0.310. The predicted octanol–water partition coefficient (Wildman–Crippen LogP) is 5.74. The van der Waals surface area contributed by atoms with Crippen LogP contribution in [0.3, 0.4) is 0 Å². The Hall–Kier alpha value is -1.70. The molecule has 3 aromatic rings. The number of fused-ring (bicyclic) bond motifs is 1. The van der Waals surface area contributed by atoms with Crippen molar-refractivity contribution in [2.75, 3.05) is 11.9 Å². The zero-order valence-electron chi connectivity index (χ0n) is 14.1. The van der Waals surface area contributed by atoms with E-state index in [0.717, 1.165) is 29.1 Å². The van der Waals surface area contributed by atoms with E-state index in [1.165, 1.54) is 6.07 Å². The lowest BCUT2D eigenvalue weighted by atomic mass is 10.1. The molecule has 2 aromatic heterocycles. The SMILES string of the molecule is Cc1c(F)cc2c(cnn2C2CCCCO2)c1Nc1nc(Cl)ccc1Br. The molecule has 0 bridgehead atoms. The molecular weight excluding hydrogens is 423 g/mol. The standard InChI is InChI=1S/C18H17BrClFN4O/c1-10-13(21)8-14-11(9-22-25(14)16-4-2-3-7-26-16)17(10)24-18-12(19)5-6-15(20)23-18/h5-6,8-9,16H,2-4,7H2,1H3,(H,23,24). The number of pyridine rings is 1. The number of hydrogen-bond donors (Lipinski definition) is 1. The molecule has 1 aliphatic rings. The van der Waals surface area contributed by atoms with Gasteiger partial charge in [-0.3, -0.25) is 0 Å². The monoisotopic (exact) mass is 438 g/mol. The van der Waals surface area contributed by atoms with Crippen molar-refractivity contribution in [3.8, 4) is 0 Å². The van der Waals surface area contributed by atoms with Crippen LogP contribution in [0.4, 0.5) is 15.9 Å². The number of benzene rings is 1. The van der Waals surface area contributed by atoms with E-state index in [2.05, 4.69) is 31.3 Å². The van der Waals surface area contributed by atoms with Crippen LogP contribution in [0.1, 0.15) is 31.1 Å². The van der Waals surface area contributed by atoms with Gasteiger partial charge in [0.25, 0.3) is 0 Å². The average Bonchev–Trinajstić information content (AvgIpc) is 3.06. The zero-order valence-corrected chi connectivity index (χ0v) is 16.4. The normalized spacial score (nSPS) is 17.6. The third-order valence-corrected chi connectivity index (χ3v) is 5.43. The van der Waals surface area contributed by atoms with Gasteiger partial charge in [-0.1, -0.05) is 11.6 Å². The minimum absolute atomic E-state index is 0.160. The van der Waals surface area contributed by atoms with Crippen LogP contribution in [0.2, 0.25) is 5.15 Å². The van der Waals surface area contributed by atoms with Gasteiger partial charge in [0.2, 0.25) is 0 Å². The second kappa shape index (κ2) is 7.13. The molecule has 0 saturated carbocycles. The summed E-state index contributed by atoms with van der Waals surface area (Å²) in [5, 5.41) is 8.84. The van der Waals surface area contributed by atoms with Crippen molar-refractivity contribution < 1.29 is 9.13 Å². The molecule has 1 N–H and O–H groups in total. The molecule has 1 fully saturated rings. The Balaban J connectivity index is 1.82. The number of ether oxygens (including phenoxy) is 1. The van der Waals surface area contributed by atoms with Gasteiger partial charge in [0.05, 0.1) is 21.9 Å². The zero-order chi connectivity index (χ0) is 18.3. The molecule has 1 aromatic carbocycles. The van der Waals surface area contributed by atoms with E-state index in [0.29, 0.717) is 34.3 Å². The lowest BCUT2D eigenvalue weighted by Crippen LogP contribution is -2.19. The smallest absolute Gasteiger partial charge is 0.150 e. The molecule has 0 amide bonds. The number of aromatic nitrogens is 3. The first-order valence-electron chi connectivity index (χ1n) is 8.41. The summed E-state index contributed by atoms with van der Waals surface area (Å²) in [4.78, 5) is 4.28. The van der Waals surface area contributed by atoms with E-state index in [9.17, 15) is 4.39 Å². The third-order valence-electron chi connectivity index (χ3n) is 4.58. The topological polar surface area (TPSA) is 52.0 Å². The van der Waals surface area contributed by atoms with Gasteiger partial charge < -0.3 is 10.1 Å². The fourth-order valence-electron chi connectivity index (χ4n) is 3.19. The van der Waals surface area contributed by atoms with E-state index >= 15 is 0 Å². The minimum Gasteiger partial charge on any atom is -0.356 e. The van der Waals surface area contributed by atoms with Crippen LogP contribution in [-0.4, -0.2) is 21.4 Å². The first-order chi connectivity index (χ1) is 12.5.